The van der Waals surface area contributed by atoms with Gasteiger partial charge in [-0.3, -0.25) is 0 Å². The molecule has 1 fully saturated rings. The lowest BCUT2D eigenvalue weighted by Gasteiger charge is -2.45. The van der Waals surface area contributed by atoms with Crippen LogP contribution in [0, 0.1) is 11.8 Å². The average Bonchev–Trinajstić information content (AvgIpc) is 2.32. The van der Waals surface area contributed by atoms with Crippen molar-refractivity contribution in [3.63, 3.8) is 0 Å². The maximum absolute atomic E-state index is 6.27. The SMILES string of the molecule is CCNC(CC(C)C)C1(OCC)CCC(C)CC1. The minimum absolute atomic E-state index is 0.0988. The van der Waals surface area contributed by atoms with Crippen molar-refractivity contribution >= 4 is 0 Å². The molecule has 2 heteroatoms. The first-order chi connectivity index (χ1) is 8.54. The molecule has 0 spiro atoms. The third kappa shape index (κ3) is 4.24. The monoisotopic (exact) mass is 255 g/mol. The Kier molecular flexibility index (Phi) is 6.65. The lowest BCUT2D eigenvalue weighted by atomic mass is 9.73. The first-order valence-electron chi connectivity index (χ1n) is 7.91. The standard InChI is InChI=1S/C16H33NO/c1-6-17-15(12-13(3)4)16(18-7-2)10-8-14(5)9-11-16/h13-15,17H,6-12H2,1-5H3. The fourth-order valence-corrected chi connectivity index (χ4v) is 3.33. The highest BCUT2D eigenvalue weighted by Crippen LogP contribution is 2.39. The van der Waals surface area contributed by atoms with Gasteiger partial charge in [-0.25, -0.2) is 0 Å². The Morgan fingerprint density at radius 3 is 2.28 bits per heavy atom. The summed E-state index contributed by atoms with van der Waals surface area (Å²) in [7, 11) is 0. The average molecular weight is 255 g/mol. The van der Waals surface area contributed by atoms with Crippen LogP contribution in [-0.4, -0.2) is 24.8 Å². The van der Waals surface area contributed by atoms with Crippen LogP contribution >= 0.6 is 0 Å². The van der Waals surface area contributed by atoms with Crippen LogP contribution in [0.4, 0.5) is 0 Å². The molecule has 108 valence electrons. The van der Waals surface area contributed by atoms with Gasteiger partial charge in [0.1, 0.15) is 0 Å². The molecule has 0 bridgehead atoms. The fourth-order valence-electron chi connectivity index (χ4n) is 3.33. The second kappa shape index (κ2) is 7.49. The van der Waals surface area contributed by atoms with E-state index in [0.717, 1.165) is 25.0 Å². The summed E-state index contributed by atoms with van der Waals surface area (Å²) in [5, 5.41) is 3.70. The van der Waals surface area contributed by atoms with Crippen molar-refractivity contribution in [1.82, 2.24) is 5.32 Å². The Bertz CT molecular complexity index is 219. The second-order valence-electron chi connectivity index (χ2n) is 6.42. The molecule has 0 radical (unpaired) electrons. The quantitative estimate of drug-likeness (QED) is 0.742. The molecule has 1 unspecified atom stereocenters. The number of rotatable bonds is 7. The molecule has 1 aliphatic rings. The van der Waals surface area contributed by atoms with Crippen LogP contribution in [0.25, 0.3) is 0 Å². The van der Waals surface area contributed by atoms with Crippen molar-refractivity contribution in [2.24, 2.45) is 11.8 Å². The van der Waals surface area contributed by atoms with E-state index in [0.29, 0.717) is 6.04 Å². The van der Waals surface area contributed by atoms with Crippen LogP contribution in [0.15, 0.2) is 0 Å². The predicted molar refractivity (Wildman–Crippen MR) is 78.9 cm³/mol. The summed E-state index contributed by atoms with van der Waals surface area (Å²) in [5.74, 6) is 1.60. The van der Waals surface area contributed by atoms with Crippen molar-refractivity contribution < 1.29 is 4.74 Å². The van der Waals surface area contributed by atoms with Crippen LogP contribution < -0.4 is 5.32 Å². The Morgan fingerprint density at radius 2 is 1.83 bits per heavy atom. The zero-order valence-electron chi connectivity index (χ0n) is 13.1. The fraction of sp³-hybridized carbons (Fsp3) is 1.00. The first kappa shape index (κ1) is 16.0. The zero-order valence-corrected chi connectivity index (χ0v) is 13.1. The van der Waals surface area contributed by atoms with Gasteiger partial charge in [-0.15, -0.1) is 0 Å². The van der Waals surface area contributed by atoms with Crippen molar-refractivity contribution in [1.29, 1.82) is 0 Å². The molecule has 0 aliphatic heterocycles. The van der Waals surface area contributed by atoms with Crippen LogP contribution in [0.1, 0.15) is 66.7 Å². The van der Waals surface area contributed by atoms with E-state index < -0.39 is 0 Å². The highest BCUT2D eigenvalue weighted by molar-refractivity contribution is 4.96. The van der Waals surface area contributed by atoms with E-state index >= 15 is 0 Å². The largest absolute Gasteiger partial charge is 0.374 e. The minimum atomic E-state index is 0.0988. The summed E-state index contributed by atoms with van der Waals surface area (Å²) >= 11 is 0. The number of hydrogen-bond acceptors (Lipinski definition) is 2. The molecular weight excluding hydrogens is 222 g/mol. The Balaban J connectivity index is 2.77. The van der Waals surface area contributed by atoms with Crippen LogP contribution in [0.5, 0.6) is 0 Å². The molecule has 0 aromatic carbocycles. The van der Waals surface area contributed by atoms with E-state index in [4.69, 9.17) is 4.74 Å². The molecule has 1 N–H and O–H groups in total. The maximum atomic E-state index is 6.27. The van der Waals surface area contributed by atoms with E-state index in [9.17, 15) is 0 Å². The Morgan fingerprint density at radius 1 is 1.22 bits per heavy atom. The summed E-state index contributed by atoms with van der Waals surface area (Å²) < 4.78 is 6.27. The minimum Gasteiger partial charge on any atom is -0.374 e. The summed E-state index contributed by atoms with van der Waals surface area (Å²) in [6.07, 6.45) is 6.32. The lowest BCUT2D eigenvalue weighted by Crippen LogP contribution is -2.54. The van der Waals surface area contributed by atoms with Crippen molar-refractivity contribution in [2.75, 3.05) is 13.2 Å². The Hall–Kier alpha value is -0.0800. The van der Waals surface area contributed by atoms with Gasteiger partial charge in [-0.2, -0.15) is 0 Å². The van der Waals surface area contributed by atoms with E-state index in [1.165, 1.54) is 32.1 Å². The zero-order chi connectivity index (χ0) is 13.6. The summed E-state index contributed by atoms with van der Waals surface area (Å²) in [4.78, 5) is 0. The maximum Gasteiger partial charge on any atom is 0.0834 e. The van der Waals surface area contributed by atoms with Crippen molar-refractivity contribution in [3.8, 4) is 0 Å². The normalized spacial score (nSPS) is 30.7. The Labute approximate surface area is 114 Å². The molecule has 2 nitrogen and oxygen atoms in total. The summed E-state index contributed by atoms with van der Waals surface area (Å²) in [6, 6.07) is 0.523. The van der Waals surface area contributed by atoms with Gasteiger partial charge in [-0.1, -0.05) is 27.7 Å². The summed E-state index contributed by atoms with van der Waals surface area (Å²) in [6.45, 7) is 13.2. The number of nitrogens with one attached hydrogen (secondary N) is 1. The molecule has 1 aliphatic carbocycles. The topological polar surface area (TPSA) is 21.3 Å². The van der Waals surface area contributed by atoms with Crippen molar-refractivity contribution in [3.05, 3.63) is 0 Å². The lowest BCUT2D eigenvalue weighted by molar-refractivity contribution is -0.0994. The molecule has 0 saturated heterocycles. The van der Waals surface area contributed by atoms with Gasteiger partial charge < -0.3 is 10.1 Å². The van der Waals surface area contributed by atoms with Gasteiger partial charge >= 0.3 is 0 Å². The molecular formula is C16H33NO. The molecule has 0 aromatic heterocycles. The predicted octanol–water partition coefficient (Wildman–Crippen LogP) is 4.00. The van der Waals surface area contributed by atoms with E-state index in [1.54, 1.807) is 0 Å². The van der Waals surface area contributed by atoms with Crippen LogP contribution in [0.3, 0.4) is 0 Å². The van der Waals surface area contributed by atoms with Crippen LogP contribution in [0.2, 0.25) is 0 Å². The highest BCUT2D eigenvalue weighted by atomic mass is 16.5. The first-order valence-corrected chi connectivity index (χ1v) is 7.91. The number of hydrogen-bond donors (Lipinski definition) is 1. The van der Waals surface area contributed by atoms with E-state index in [2.05, 4.69) is 39.9 Å². The van der Waals surface area contributed by atoms with Gasteiger partial charge in [0.2, 0.25) is 0 Å². The number of likely N-dealkylation sites (N-methyl/N-ethyl adjacent to an activating group) is 1. The van der Waals surface area contributed by atoms with Crippen LogP contribution in [-0.2, 0) is 4.74 Å². The summed E-state index contributed by atoms with van der Waals surface area (Å²) in [5.41, 5.74) is 0.0988. The van der Waals surface area contributed by atoms with Crippen molar-refractivity contribution in [2.45, 2.75) is 78.4 Å². The molecule has 1 saturated carbocycles. The molecule has 1 rings (SSSR count). The number of ether oxygens (including phenoxy) is 1. The molecule has 18 heavy (non-hydrogen) atoms. The van der Waals surface area contributed by atoms with Gasteiger partial charge in [0.15, 0.2) is 0 Å². The smallest absolute Gasteiger partial charge is 0.0834 e. The molecule has 1 atom stereocenters. The van der Waals surface area contributed by atoms with Gasteiger partial charge in [0.25, 0.3) is 0 Å². The third-order valence-corrected chi connectivity index (χ3v) is 4.35. The van der Waals surface area contributed by atoms with E-state index in [1.807, 2.05) is 0 Å². The highest BCUT2D eigenvalue weighted by Gasteiger charge is 2.41. The second-order valence-corrected chi connectivity index (χ2v) is 6.42. The molecule has 0 amide bonds. The molecule has 0 aromatic rings. The van der Waals surface area contributed by atoms with E-state index in [-0.39, 0.29) is 5.60 Å². The third-order valence-electron chi connectivity index (χ3n) is 4.35. The van der Waals surface area contributed by atoms with Gasteiger partial charge in [0, 0.05) is 12.6 Å². The van der Waals surface area contributed by atoms with Gasteiger partial charge in [0.05, 0.1) is 5.60 Å². The molecule has 0 heterocycles. The van der Waals surface area contributed by atoms with Gasteiger partial charge in [-0.05, 0) is 57.4 Å².